The van der Waals surface area contributed by atoms with Crippen LogP contribution in [0.4, 0.5) is 5.69 Å². The molecule has 0 spiro atoms. The van der Waals surface area contributed by atoms with Crippen molar-refractivity contribution in [2.24, 2.45) is 17.4 Å². The van der Waals surface area contributed by atoms with Gasteiger partial charge in [-0.3, -0.25) is 9.89 Å². The molecule has 23 heavy (non-hydrogen) atoms. The first-order chi connectivity index (χ1) is 11.2. The number of aromatic nitrogens is 3. The molecule has 1 aliphatic rings. The van der Waals surface area contributed by atoms with Crippen molar-refractivity contribution in [2.45, 2.75) is 38.3 Å². The standard InChI is InChI=1S/C16H22N6O/c17-9-14-20-16(22-21-14)10-4-6-12(7-5-10)19-15(23)8-11-2-1-3-13(11)18/h4-7,11,13H,1-3,8-9,17-18H2,(H,19,23)(H,20,21,22)/t11-,13+/m0/s1. The van der Waals surface area contributed by atoms with Crippen molar-refractivity contribution in [2.75, 3.05) is 5.32 Å². The fraction of sp³-hybridized carbons (Fsp3) is 0.438. The summed E-state index contributed by atoms with van der Waals surface area (Å²) in [5.41, 5.74) is 13.2. The van der Waals surface area contributed by atoms with Gasteiger partial charge in [0.25, 0.3) is 0 Å². The largest absolute Gasteiger partial charge is 0.327 e. The van der Waals surface area contributed by atoms with Gasteiger partial charge in [-0.05, 0) is 43.0 Å². The fourth-order valence-electron chi connectivity index (χ4n) is 2.99. The quantitative estimate of drug-likeness (QED) is 0.664. The van der Waals surface area contributed by atoms with Gasteiger partial charge in [-0.25, -0.2) is 4.98 Å². The van der Waals surface area contributed by atoms with Crippen LogP contribution in [0.25, 0.3) is 11.4 Å². The first kappa shape index (κ1) is 15.6. The third-order valence-corrected chi connectivity index (χ3v) is 4.32. The molecule has 2 atom stereocenters. The van der Waals surface area contributed by atoms with E-state index in [0.29, 0.717) is 30.5 Å². The van der Waals surface area contributed by atoms with Crippen LogP contribution < -0.4 is 16.8 Å². The van der Waals surface area contributed by atoms with E-state index in [1.54, 1.807) is 0 Å². The molecular weight excluding hydrogens is 292 g/mol. The lowest BCUT2D eigenvalue weighted by atomic mass is 10.00. The van der Waals surface area contributed by atoms with Gasteiger partial charge in [0.05, 0.1) is 6.54 Å². The van der Waals surface area contributed by atoms with Crippen LogP contribution in [0.5, 0.6) is 0 Å². The predicted molar refractivity (Wildman–Crippen MR) is 88.3 cm³/mol. The summed E-state index contributed by atoms with van der Waals surface area (Å²) in [7, 11) is 0. The van der Waals surface area contributed by atoms with Crippen LogP contribution in [0, 0.1) is 5.92 Å². The number of nitrogens with one attached hydrogen (secondary N) is 2. The summed E-state index contributed by atoms with van der Waals surface area (Å²) in [6.45, 7) is 0.324. The summed E-state index contributed by atoms with van der Waals surface area (Å²) in [6, 6.07) is 7.60. The maximum Gasteiger partial charge on any atom is 0.224 e. The molecule has 122 valence electrons. The highest BCUT2D eigenvalue weighted by molar-refractivity contribution is 5.91. The molecule has 1 amide bonds. The SMILES string of the molecule is NCc1nc(-c2ccc(NC(=O)C[C@@H]3CCC[C@H]3N)cc2)n[nH]1. The average molecular weight is 314 g/mol. The van der Waals surface area contributed by atoms with E-state index in [2.05, 4.69) is 20.5 Å². The number of anilines is 1. The number of aromatic amines is 1. The number of carbonyl (C=O) groups is 1. The Balaban J connectivity index is 1.59. The Kier molecular flexibility index (Phi) is 4.68. The summed E-state index contributed by atoms with van der Waals surface area (Å²) in [6.07, 6.45) is 3.68. The summed E-state index contributed by atoms with van der Waals surface area (Å²) >= 11 is 0. The monoisotopic (exact) mass is 314 g/mol. The highest BCUT2D eigenvalue weighted by Gasteiger charge is 2.25. The van der Waals surface area contributed by atoms with Crippen molar-refractivity contribution in [3.63, 3.8) is 0 Å². The van der Waals surface area contributed by atoms with Crippen molar-refractivity contribution >= 4 is 11.6 Å². The third kappa shape index (κ3) is 3.75. The van der Waals surface area contributed by atoms with Gasteiger partial charge in [0.2, 0.25) is 5.91 Å². The number of amides is 1. The van der Waals surface area contributed by atoms with E-state index >= 15 is 0 Å². The zero-order chi connectivity index (χ0) is 16.2. The molecule has 1 aliphatic carbocycles. The molecule has 0 radical (unpaired) electrons. The van der Waals surface area contributed by atoms with Crippen LogP contribution in [-0.4, -0.2) is 27.1 Å². The maximum atomic E-state index is 12.1. The molecule has 3 rings (SSSR count). The molecule has 7 nitrogen and oxygen atoms in total. The molecule has 1 aromatic carbocycles. The van der Waals surface area contributed by atoms with Gasteiger partial charge in [0.1, 0.15) is 5.82 Å². The van der Waals surface area contributed by atoms with Gasteiger partial charge in [-0.15, -0.1) is 0 Å². The van der Waals surface area contributed by atoms with Gasteiger partial charge < -0.3 is 16.8 Å². The van der Waals surface area contributed by atoms with Crippen molar-refractivity contribution < 1.29 is 4.79 Å². The second-order valence-electron chi connectivity index (χ2n) is 5.99. The molecule has 0 saturated heterocycles. The Hall–Kier alpha value is -2.25. The molecule has 1 heterocycles. The summed E-state index contributed by atoms with van der Waals surface area (Å²) in [4.78, 5) is 16.4. The van der Waals surface area contributed by atoms with E-state index in [0.717, 1.165) is 30.5 Å². The Bertz CT molecular complexity index is 665. The maximum absolute atomic E-state index is 12.1. The minimum absolute atomic E-state index is 0.0170. The van der Waals surface area contributed by atoms with Gasteiger partial charge in [-0.2, -0.15) is 5.10 Å². The van der Waals surface area contributed by atoms with E-state index < -0.39 is 0 Å². The Morgan fingerprint density at radius 2 is 2.09 bits per heavy atom. The van der Waals surface area contributed by atoms with Crippen molar-refractivity contribution in [1.29, 1.82) is 0 Å². The first-order valence-electron chi connectivity index (χ1n) is 7.93. The van der Waals surface area contributed by atoms with Crippen molar-refractivity contribution in [3.8, 4) is 11.4 Å². The zero-order valence-electron chi connectivity index (χ0n) is 13.0. The Labute approximate surface area is 134 Å². The lowest BCUT2D eigenvalue weighted by Gasteiger charge is -2.14. The van der Waals surface area contributed by atoms with E-state index in [1.807, 2.05) is 24.3 Å². The van der Waals surface area contributed by atoms with Gasteiger partial charge >= 0.3 is 0 Å². The van der Waals surface area contributed by atoms with Gasteiger partial charge in [0.15, 0.2) is 5.82 Å². The number of nitrogens with zero attached hydrogens (tertiary/aromatic N) is 2. The molecule has 0 bridgehead atoms. The number of hydrogen-bond donors (Lipinski definition) is 4. The second kappa shape index (κ2) is 6.89. The predicted octanol–water partition coefficient (Wildman–Crippen LogP) is 1.39. The zero-order valence-corrected chi connectivity index (χ0v) is 13.0. The lowest BCUT2D eigenvalue weighted by Crippen LogP contribution is -2.28. The number of nitrogens with two attached hydrogens (primary N) is 2. The van der Waals surface area contributed by atoms with Crippen LogP contribution in [0.15, 0.2) is 24.3 Å². The number of H-pyrrole nitrogens is 1. The first-order valence-corrected chi connectivity index (χ1v) is 7.93. The highest BCUT2D eigenvalue weighted by atomic mass is 16.1. The van der Waals surface area contributed by atoms with E-state index in [1.165, 1.54) is 0 Å². The van der Waals surface area contributed by atoms with Crippen molar-refractivity contribution in [3.05, 3.63) is 30.1 Å². The molecule has 0 aliphatic heterocycles. The second-order valence-corrected chi connectivity index (χ2v) is 5.99. The molecule has 1 aromatic heterocycles. The third-order valence-electron chi connectivity index (χ3n) is 4.32. The average Bonchev–Trinajstić information content (AvgIpc) is 3.18. The van der Waals surface area contributed by atoms with Gasteiger partial charge in [0, 0.05) is 23.7 Å². The molecule has 0 unspecified atom stereocenters. The van der Waals surface area contributed by atoms with E-state index in [4.69, 9.17) is 11.5 Å². The molecule has 7 heteroatoms. The smallest absolute Gasteiger partial charge is 0.224 e. The molecular formula is C16H22N6O. The van der Waals surface area contributed by atoms with E-state index in [-0.39, 0.29) is 11.9 Å². The summed E-state index contributed by atoms with van der Waals surface area (Å²) < 4.78 is 0. The normalized spacial score (nSPS) is 20.6. The lowest BCUT2D eigenvalue weighted by molar-refractivity contribution is -0.117. The highest BCUT2D eigenvalue weighted by Crippen LogP contribution is 2.27. The number of hydrogen-bond acceptors (Lipinski definition) is 5. The summed E-state index contributed by atoms with van der Waals surface area (Å²) in [5, 5.41) is 9.81. The minimum atomic E-state index is 0.0170. The number of rotatable bonds is 5. The van der Waals surface area contributed by atoms with Gasteiger partial charge in [-0.1, -0.05) is 6.42 Å². The number of benzene rings is 1. The van der Waals surface area contributed by atoms with Crippen LogP contribution in [0.3, 0.4) is 0 Å². The minimum Gasteiger partial charge on any atom is -0.327 e. The van der Waals surface area contributed by atoms with Crippen LogP contribution in [-0.2, 0) is 11.3 Å². The van der Waals surface area contributed by atoms with Crippen LogP contribution >= 0.6 is 0 Å². The Morgan fingerprint density at radius 3 is 2.70 bits per heavy atom. The molecule has 6 N–H and O–H groups in total. The summed E-state index contributed by atoms with van der Waals surface area (Å²) in [5.74, 6) is 1.56. The van der Waals surface area contributed by atoms with Crippen LogP contribution in [0.1, 0.15) is 31.5 Å². The van der Waals surface area contributed by atoms with E-state index in [9.17, 15) is 4.79 Å². The van der Waals surface area contributed by atoms with Crippen molar-refractivity contribution in [1.82, 2.24) is 15.2 Å². The molecule has 2 aromatic rings. The fourth-order valence-corrected chi connectivity index (χ4v) is 2.99. The topological polar surface area (TPSA) is 123 Å². The molecule has 1 saturated carbocycles. The Morgan fingerprint density at radius 1 is 1.30 bits per heavy atom. The van der Waals surface area contributed by atoms with Crippen LogP contribution in [0.2, 0.25) is 0 Å². The number of carbonyl (C=O) groups excluding carboxylic acids is 1. The molecule has 1 fully saturated rings.